The zero-order valence-electron chi connectivity index (χ0n) is 10.3. The van der Waals surface area contributed by atoms with Crippen molar-refractivity contribution in [1.29, 1.82) is 0 Å². The predicted molar refractivity (Wildman–Crippen MR) is 71.6 cm³/mol. The van der Waals surface area contributed by atoms with E-state index in [9.17, 15) is 4.79 Å². The number of aliphatic imine (C=N–C) groups is 1. The molecule has 0 atom stereocenters. The van der Waals surface area contributed by atoms with Gasteiger partial charge in [-0.2, -0.15) is 4.99 Å². The first kappa shape index (κ1) is 11.5. The molecular formula is C14H12BrNO3. The van der Waals surface area contributed by atoms with Gasteiger partial charge in [0.05, 0.1) is 17.7 Å². The smallest absolute Gasteiger partial charge is 0.235 e. The Morgan fingerprint density at radius 2 is 1.79 bits per heavy atom. The lowest BCUT2D eigenvalue weighted by atomic mass is 9.93. The second kappa shape index (κ2) is 3.84. The van der Waals surface area contributed by atoms with Gasteiger partial charge >= 0.3 is 0 Å². The molecule has 0 amide bonds. The van der Waals surface area contributed by atoms with E-state index in [1.807, 2.05) is 0 Å². The minimum Gasteiger partial charge on any atom is -0.493 e. The van der Waals surface area contributed by atoms with Crippen molar-refractivity contribution in [2.24, 2.45) is 4.99 Å². The molecule has 0 N–H and O–H groups in total. The summed E-state index contributed by atoms with van der Waals surface area (Å²) in [6.45, 7) is 1.37. The van der Waals surface area contributed by atoms with Gasteiger partial charge in [-0.1, -0.05) is 0 Å². The number of hydrogen-bond donors (Lipinski definition) is 0. The number of rotatable bonds is 2. The number of isocyanates is 1. The van der Waals surface area contributed by atoms with E-state index in [-0.39, 0.29) is 0 Å². The van der Waals surface area contributed by atoms with Crippen LogP contribution in [0.5, 0.6) is 11.5 Å². The van der Waals surface area contributed by atoms with Gasteiger partial charge in [-0.3, -0.25) is 0 Å². The molecule has 1 aromatic rings. The molecule has 3 aliphatic rings. The molecule has 4 rings (SSSR count). The Hall–Kier alpha value is -1.32. The second-order valence-corrected chi connectivity index (χ2v) is 6.03. The highest BCUT2D eigenvalue weighted by Crippen LogP contribution is 2.59. The van der Waals surface area contributed by atoms with Crippen molar-refractivity contribution < 1.29 is 14.3 Å². The fraction of sp³-hybridized carbons (Fsp3) is 0.500. The number of hydrogen-bond acceptors (Lipinski definition) is 4. The summed E-state index contributed by atoms with van der Waals surface area (Å²) in [5.41, 5.74) is 3.00. The Kier molecular flexibility index (Phi) is 2.32. The van der Waals surface area contributed by atoms with Crippen LogP contribution < -0.4 is 9.47 Å². The zero-order valence-corrected chi connectivity index (χ0v) is 11.9. The number of carbonyl (C=O) groups excluding carboxylic acids is 1. The molecule has 0 radical (unpaired) electrons. The van der Waals surface area contributed by atoms with Crippen LogP contribution in [0.15, 0.2) is 9.47 Å². The van der Waals surface area contributed by atoms with Gasteiger partial charge in [-0.25, -0.2) is 4.79 Å². The van der Waals surface area contributed by atoms with E-state index in [0.29, 0.717) is 13.2 Å². The number of halogens is 1. The van der Waals surface area contributed by atoms with Crippen LogP contribution in [0.25, 0.3) is 0 Å². The molecule has 1 saturated carbocycles. The minimum absolute atomic E-state index is 0.394. The number of nitrogens with zero attached hydrogens (tertiary/aromatic N) is 1. The summed E-state index contributed by atoms with van der Waals surface area (Å²) in [5, 5.41) is 0. The highest BCUT2D eigenvalue weighted by atomic mass is 79.9. The summed E-state index contributed by atoms with van der Waals surface area (Å²) in [5.74, 6) is 1.85. The highest BCUT2D eigenvalue weighted by molar-refractivity contribution is 9.10. The third kappa shape index (κ3) is 1.46. The van der Waals surface area contributed by atoms with E-state index in [4.69, 9.17) is 9.47 Å². The summed E-state index contributed by atoms with van der Waals surface area (Å²) < 4.78 is 12.6. The van der Waals surface area contributed by atoms with Crippen LogP contribution in [-0.4, -0.2) is 19.3 Å². The van der Waals surface area contributed by atoms with E-state index in [1.165, 1.54) is 0 Å². The van der Waals surface area contributed by atoms with E-state index in [0.717, 1.165) is 58.3 Å². The van der Waals surface area contributed by atoms with Crippen molar-refractivity contribution in [3.63, 3.8) is 0 Å². The van der Waals surface area contributed by atoms with Crippen LogP contribution in [-0.2, 0) is 23.2 Å². The lowest BCUT2D eigenvalue weighted by Crippen LogP contribution is -2.09. The zero-order chi connectivity index (χ0) is 13.0. The lowest BCUT2D eigenvalue weighted by Gasteiger charge is -2.18. The molecular weight excluding hydrogens is 310 g/mol. The molecule has 1 aromatic carbocycles. The maximum atomic E-state index is 10.7. The van der Waals surface area contributed by atoms with E-state index in [1.54, 1.807) is 6.08 Å². The summed E-state index contributed by atoms with van der Waals surface area (Å²) in [4.78, 5) is 14.8. The normalized spacial score (nSPS) is 20.9. The Labute approximate surface area is 118 Å². The molecule has 0 unspecified atom stereocenters. The summed E-state index contributed by atoms with van der Waals surface area (Å²) in [6.07, 6.45) is 5.26. The Morgan fingerprint density at radius 1 is 1.11 bits per heavy atom. The highest BCUT2D eigenvalue weighted by Gasteiger charge is 2.51. The average molecular weight is 322 g/mol. The SMILES string of the molecule is O=C=NC1(c2c3c(c(Br)c4c2OCC4)OCC3)CC1. The summed E-state index contributed by atoms with van der Waals surface area (Å²) >= 11 is 3.63. The molecule has 0 saturated heterocycles. The fourth-order valence-corrected chi connectivity index (χ4v) is 3.90. The Morgan fingerprint density at radius 3 is 2.47 bits per heavy atom. The van der Waals surface area contributed by atoms with Gasteiger partial charge in [0.2, 0.25) is 6.08 Å². The third-order valence-corrected chi connectivity index (χ3v) is 5.03. The van der Waals surface area contributed by atoms with Crippen LogP contribution in [0.3, 0.4) is 0 Å². The van der Waals surface area contributed by atoms with Crippen LogP contribution in [0, 0.1) is 0 Å². The van der Waals surface area contributed by atoms with Crippen molar-refractivity contribution in [2.45, 2.75) is 31.2 Å². The van der Waals surface area contributed by atoms with Crippen LogP contribution in [0.4, 0.5) is 0 Å². The van der Waals surface area contributed by atoms with Gasteiger partial charge in [-0.15, -0.1) is 0 Å². The Balaban J connectivity index is 2.03. The van der Waals surface area contributed by atoms with Crippen molar-refractivity contribution in [3.05, 3.63) is 21.2 Å². The molecule has 4 nitrogen and oxygen atoms in total. The average Bonchev–Trinajstić information content (AvgIpc) is 2.85. The van der Waals surface area contributed by atoms with Crippen molar-refractivity contribution in [1.82, 2.24) is 0 Å². The summed E-state index contributed by atoms with van der Waals surface area (Å²) in [6, 6.07) is 0. The molecule has 5 heteroatoms. The molecule has 1 aliphatic carbocycles. The predicted octanol–water partition coefficient (Wildman–Crippen LogP) is 2.64. The van der Waals surface area contributed by atoms with E-state index < -0.39 is 5.54 Å². The van der Waals surface area contributed by atoms with Crippen LogP contribution in [0.2, 0.25) is 0 Å². The summed E-state index contributed by atoms with van der Waals surface area (Å²) in [7, 11) is 0. The maximum absolute atomic E-state index is 10.7. The molecule has 2 heterocycles. The number of ether oxygens (including phenoxy) is 2. The first-order valence-corrected chi connectivity index (χ1v) is 7.28. The van der Waals surface area contributed by atoms with Crippen molar-refractivity contribution in [2.75, 3.05) is 13.2 Å². The maximum Gasteiger partial charge on any atom is 0.235 e. The van der Waals surface area contributed by atoms with Crippen molar-refractivity contribution in [3.8, 4) is 11.5 Å². The first-order valence-electron chi connectivity index (χ1n) is 6.49. The molecule has 0 aromatic heterocycles. The van der Waals surface area contributed by atoms with Crippen LogP contribution in [0.1, 0.15) is 29.5 Å². The van der Waals surface area contributed by atoms with Gasteiger partial charge in [0, 0.05) is 29.5 Å². The van der Waals surface area contributed by atoms with E-state index in [2.05, 4.69) is 20.9 Å². The Bertz CT molecular complexity index is 595. The standard InChI is InChI=1S/C14H12BrNO3/c15-11-9-2-6-18-12(9)10(8-1-5-19-13(8)11)14(3-4-14)16-7-17/h1-6H2. The molecule has 0 bridgehead atoms. The largest absolute Gasteiger partial charge is 0.493 e. The topological polar surface area (TPSA) is 47.9 Å². The third-order valence-electron chi connectivity index (χ3n) is 4.19. The molecule has 0 spiro atoms. The van der Waals surface area contributed by atoms with Crippen LogP contribution >= 0.6 is 15.9 Å². The van der Waals surface area contributed by atoms with Gasteiger partial charge in [-0.05, 0) is 28.8 Å². The second-order valence-electron chi connectivity index (χ2n) is 5.24. The van der Waals surface area contributed by atoms with Gasteiger partial charge in [0.25, 0.3) is 0 Å². The molecule has 1 fully saturated rings. The van der Waals surface area contributed by atoms with Crippen molar-refractivity contribution >= 4 is 22.0 Å². The molecule has 98 valence electrons. The quantitative estimate of drug-likeness (QED) is 0.621. The van der Waals surface area contributed by atoms with Gasteiger partial charge in [0.15, 0.2) is 0 Å². The lowest BCUT2D eigenvalue weighted by molar-refractivity contribution is 0.350. The number of fused-ring (bicyclic) bond motifs is 2. The monoisotopic (exact) mass is 321 g/mol. The van der Waals surface area contributed by atoms with Gasteiger partial charge < -0.3 is 9.47 Å². The molecule has 2 aliphatic heterocycles. The first-order chi connectivity index (χ1) is 9.27. The van der Waals surface area contributed by atoms with Gasteiger partial charge in [0.1, 0.15) is 17.0 Å². The molecule has 19 heavy (non-hydrogen) atoms. The fourth-order valence-electron chi connectivity index (χ4n) is 3.17. The van der Waals surface area contributed by atoms with E-state index >= 15 is 0 Å². The number of benzene rings is 1. The minimum atomic E-state index is -0.394.